The Balaban J connectivity index is 2.66. The van der Waals surface area contributed by atoms with E-state index in [0.717, 1.165) is 0 Å². The summed E-state index contributed by atoms with van der Waals surface area (Å²) in [5.74, 6) is -0.174. The van der Waals surface area contributed by atoms with Crippen molar-refractivity contribution in [2.45, 2.75) is 32.4 Å². The van der Waals surface area contributed by atoms with E-state index in [1.807, 2.05) is 6.92 Å². The van der Waals surface area contributed by atoms with Crippen LogP contribution >= 0.6 is 0 Å². The molecule has 1 rings (SSSR count). The minimum Gasteiger partial charge on any atom is -0.351 e. The third-order valence-corrected chi connectivity index (χ3v) is 1.65. The maximum absolute atomic E-state index is 11.0. The Kier molecular flexibility index (Phi) is 2.12. The molecule has 2 N–H and O–H groups in total. The van der Waals surface area contributed by atoms with E-state index in [2.05, 4.69) is 10.6 Å². The molecule has 0 bridgehead atoms. The summed E-state index contributed by atoms with van der Waals surface area (Å²) < 4.78 is 0. The summed E-state index contributed by atoms with van der Waals surface area (Å²) in [5.41, 5.74) is 0. The topological polar surface area (TPSA) is 58.2 Å². The van der Waals surface area contributed by atoms with Gasteiger partial charge in [0.05, 0.1) is 0 Å². The van der Waals surface area contributed by atoms with Gasteiger partial charge < -0.3 is 10.6 Å². The van der Waals surface area contributed by atoms with Crippen LogP contribution in [0.1, 0.15) is 20.3 Å². The minimum absolute atomic E-state index is 0.0487. The van der Waals surface area contributed by atoms with Gasteiger partial charge in [-0.1, -0.05) is 0 Å². The summed E-state index contributed by atoms with van der Waals surface area (Å²) in [6.07, 6.45) is 0.371. The Hall–Kier alpha value is -1.06. The van der Waals surface area contributed by atoms with Crippen molar-refractivity contribution in [2.24, 2.45) is 0 Å². The van der Waals surface area contributed by atoms with Gasteiger partial charge in [0.25, 0.3) is 0 Å². The third kappa shape index (κ3) is 1.93. The molecule has 4 nitrogen and oxygen atoms in total. The van der Waals surface area contributed by atoms with Gasteiger partial charge in [-0.25, -0.2) is 0 Å². The Bertz CT molecular complexity index is 191. The molecule has 2 atom stereocenters. The quantitative estimate of drug-likeness (QED) is 0.492. The van der Waals surface area contributed by atoms with Crippen molar-refractivity contribution in [1.29, 1.82) is 0 Å². The van der Waals surface area contributed by atoms with Crippen LogP contribution < -0.4 is 10.6 Å². The molecule has 62 valence electrons. The van der Waals surface area contributed by atoms with Gasteiger partial charge in [-0.3, -0.25) is 9.59 Å². The monoisotopic (exact) mass is 156 g/mol. The second-order valence-corrected chi connectivity index (χ2v) is 2.90. The molecule has 1 aliphatic heterocycles. The highest BCUT2D eigenvalue weighted by Crippen LogP contribution is 1.97. The van der Waals surface area contributed by atoms with Crippen LogP contribution in [-0.4, -0.2) is 23.9 Å². The van der Waals surface area contributed by atoms with E-state index in [1.165, 1.54) is 0 Å². The van der Waals surface area contributed by atoms with Gasteiger partial charge in [-0.05, 0) is 13.8 Å². The molecule has 11 heavy (non-hydrogen) atoms. The lowest BCUT2D eigenvalue weighted by molar-refractivity contribution is -0.126. The fourth-order valence-electron chi connectivity index (χ4n) is 1.06. The van der Waals surface area contributed by atoms with Gasteiger partial charge in [-0.15, -0.1) is 0 Å². The van der Waals surface area contributed by atoms with Crippen LogP contribution in [0.3, 0.4) is 0 Å². The Morgan fingerprint density at radius 1 is 1.27 bits per heavy atom. The maximum atomic E-state index is 11.0. The summed E-state index contributed by atoms with van der Waals surface area (Å²) in [4.78, 5) is 22.0. The molecule has 2 amide bonds. The van der Waals surface area contributed by atoms with Gasteiger partial charge in [0.15, 0.2) is 0 Å². The first kappa shape index (κ1) is 8.04. The van der Waals surface area contributed by atoms with E-state index >= 15 is 0 Å². The number of hydrogen-bond acceptors (Lipinski definition) is 2. The van der Waals surface area contributed by atoms with E-state index in [0.29, 0.717) is 6.42 Å². The van der Waals surface area contributed by atoms with E-state index in [9.17, 15) is 9.59 Å². The fraction of sp³-hybridized carbons (Fsp3) is 0.714. The van der Waals surface area contributed by atoms with Crippen molar-refractivity contribution in [3.05, 3.63) is 0 Å². The zero-order chi connectivity index (χ0) is 8.43. The molecule has 0 aromatic rings. The van der Waals surface area contributed by atoms with Crippen molar-refractivity contribution in [3.8, 4) is 0 Å². The molecule has 0 saturated carbocycles. The average Bonchev–Trinajstić information content (AvgIpc) is 1.93. The minimum atomic E-state index is -0.396. The van der Waals surface area contributed by atoms with Crippen LogP contribution in [-0.2, 0) is 9.59 Å². The molecular weight excluding hydrogens is 144 g/mol. The summed E-state index contributed by atoms with van der Waals surface area (Å²) in [7, 11) is 0. The highest BCUT2D eigenvalue weighted by Gasteiger charge is 2.22. The molecule has 0 aromatic carbocycles. The molecule has 1 fully saturated rings. The number of rotatable bonds is 0. The zero-order valence-corrected chi connectivity index (χ0v) is 6.68. The lowest BCUT2D eigenvalue weighted by Crippen LogP contribution is -2.41. The standard InChI is InChI=1S/C7H12N2O2/c1-4-3-6(10)9-5(2)7(11)8-4/h4-5H,3H2,1-2H3,(H,8,11)(H,9,10). The van der Waals surface area contributed by atoms with Gasteiger partial charge in [0.2, 0.25) is 11.8 Å². The molecular formula is C7H12N2O2. The van der Waals surface area contributed by atoms with Crippen molar-refractivity contribution < 1.29 is 9.59 Å². The predicted molar refractivity (Wildman–Crippen MR) is 39.8 cm³/mol. The Morgan fingerprint density at radius 3 is 2.55 bits per heavy atom. The van der Waals surface area contributed by atoms with Crippen molar-refractivity contribution in [2.75, 3.05) is 0 Å². The molecule has 0 aromatic heterocycles. The molecule has 0 aliphatic carbocycles. The maximum Gasteiger partial charge on any atom is 0.242 e. The normalized spacial score (nSPS) is 32.2. The van der Waals surface area contributed by atoms with Crippen LogP contribution in [0.15, 0.2) is 0 Å². The third-order valence-electron chi connectivity index (χ3n) is 1.65. The molecule has 0 radical (unpaired) electrons. The molecule has 2 unspecified atom stereocenters. The summed E-state index contributed by atoms with van der Waals surface area (Å²) in [6, 6.07) is -0.445. The number of hydrogen-bond donors (Lipinski definition) is 2. The first-order chi connectivity index (χ1) is 5.09. The summed E-state index contributed by atoms with van der Waals surface area (Å²) in [6.45, 7) is 3.49. The molecule has 1 saturated heterocycles. The Morgan fingerprint density at radius 2 is 1.91 bits per heavy atom. The van der Waals surface area contributed by atoms with Crippen molar-refractivity contribution in [1.82, 2.24) is 10.6 Å². The Labute approximate surface area is 65.3 Å². The van der Waals surface area contributed by atoms with Gasteiger partial charge in [-0.2, -0.15) is 0 Å². The summed E-state index contributed by atoms with van der Waals surface area (Å²) >= 11 is 0. The molecule has 1 aliphatic rings. The van der Waals surface area contributed by atoms with Crippen LogP contribution in [0, 0.1) is 0 Å². The van der Waals surface area contributed by atoms with Gasteiger partial charge in [0, 0.05) is 12.5 Å². The van der Waals surface area contributed by atoms with E-state index < -0.39 is 6.04 Å². The van der Waals surface area contributed by atoms with Gasteiger partial charge in [0.1, 0.15) is 6.04 Å². The fourth-order valence-corrected chi connectivity index (χ4v) is 1.06. The van der Waals surface area contributed by atoms with E-state index in [-0.39, 0.29) is 17.9 Å². The largest absolute Gasteiger partial charge is 0.351 e. The molecule has 1 heterocycles. The SMILES string of the molecule is CC1CC(=O)NC(C)C(=O)N1. The lowest BCUT2D eigenvalue weighted by atomic mass is 10.2. The average molecular weight is 156 g/mol. The van der Waals surface area contributed by atoms with Crippen molar-refractivity contribution >= 4 is 11.8 Å². The highest BCUT2D eigenvalue weighted by molar-refractivity contribution is 5.89. The zero-order valence-electron chi connectivity index (χ0n) is 6.68. The van der Waals surface area contributed by atoms with Crippen LogP contribution in [0.4, 0.5) is 0 Å². The highest BCUT2D eigenvalue weighted by atomic mass is 16.2. The van der Waals surface area contributed by atoms with E-state index in [1.54, 1.807) is 6.92 Å². The van der Waals surface area contributed by atoms with E-state index in [4.69, 9.17) is 0 Å². The predicted octanol–water partition coefficient (Wildman–Crippen LogP) is -0.600. The van der Waals surface area contributed by atoms with Crippen molar-refractivity contribution in [3.63, 3.8) is 0 Å². The van der Waals surface area contributed by atoms with Crippen LogP contribution in [0.2, 0.25) is 0 Å². The molecule has 4 heteroatoms. The van der Waals surface area contributed by atoms with Crippen LogP contribution in [0.25, 0.3) is 0 Å². The number of nitrogens with one attached hydrogen (secondary N) is 2. The smallest absolute Gasteiger partial charge is 0.242 e. The molecule has 0 spiro atoms. The van der Waals surface area contributed by atoms with Gasteiger partial charge >= 0.3 is 0 Å². The van der Waals surface area contributed by atoms with Crippen LogP contribution in [0.5, 0.6) is 0 Å². The number of carbonyl (C=O) groups excluding carboxylic acids is 2. The summed E-state index contributed by atoms with van der Waals surface area (Å²) in [5, 5.41) is 5.27. The first-order valence-electron chi connectivity index (χ1n) is 3.69. The second-order valence-electron chi connectivity index (χ2n) is 2.90. The second kappa shape index (κ2) is 2.90. The number of amides is 2. The lowest BCUT2D eigenvalue weighted by Gasteiger charge is -2.08. The number of carbonyl (C=O) groups is 2. The first-order valence-corrected chi connectivity index (χ1v) is 3.69.